The van der Waals surface area contributed by atoms with Gasteiger partial charge in [0.25, 0.3) is 4.52 Å². The molecule has 0 aliphatic carbocycles. The number of rotatable bonds is 5. The first-order chi connectivity index (χ1) is 5.48. The third-order valence-electron chi connectivity index (χ3n) is 1.36. The van der Waals surface area contributed by atoms with E-state index in [1.54, 1.807) is 0 Å². The summed E-state index contributed by atoms with van der Waals surface area (Å²) in [6, 6.07) is 0. The fourth-order valence-corrected chi connectivity index (χ4v) is 1.33. The van der Waals surface area contributed by atoms with Crippen molar-refractivity contribution in [1.82, 2.24) is 0 Å². The number of esters is 1. The molecule has 0 amide bonds. The summed E-state index contributed by atoms with van der Waals surface area (Å²) in [7, 11) is 0. The van der Waals surface area contributed by atoms with E-state index < -0.39 is 10.5 Å². The summed E-state index contributed by atoms with van der Waals surface area (Å²) in [4.78, 5) is 10.5. The van der Waals surface area contributed by atoms with Gasteiger partial charge in [0.05, 0.1) is 0 Å². The van der Waals surface area contributed by atoms with Crippen LogP contribution < -0.4 is 0 Å². The molecule has 0 unspecified atom stereocenters. The van der Waals surface area contributed by atoms with E-state index >= 15 is 0 Å². The van der Waals surface area contributed by atoms with E-state index in [1.165, 1.54) is 6.92 Å². The Morgan fingerprint density at radius 1 is 1.38 bits per heavy atom. The van der Waals surface area contributed by atoms with E-state index in [4.69, 9.17) is 23.2 Å². The Bertz CT molecular complexity index is 151. The Kier molecular flexibility index (Phi) is 9.74. The van der Waals surface area contributed by atoms with E-state index in [0.717, 1.165) is 19.3 Å². The monoisotopic (exact) mass is 271 g/mol. The molecule has 0 N–H and O–H groups in total. The molecular formula is C8H14Cl2CoO2. The second kappa shape index (κ2) is 7.91. The number of carbonyl (C=O) groups excluding carboxylic acids is 1. The van der Waals surface area contributed by atoms with Gasteiger partial charge in [-0.05, 0) is 6.42 Å². The van der Waals surface area contributed by atoms with Crippen molar-refractivity contribution in [3.8, 4) is 0 Å². The molecule has 0 heterocycles. The molecule has 0 aromatic heterocycles. The second-order valence-corrected chi connectivity index (χ2v) is 4.10. The Morgan fingerprint density at radius 2 is 1.92 bits per heavy atom. The van der Waals surface area contributed by atoms with Gasteiger partial charge in [0.2, 0.25) is 0 Å². The van der Waals surface area contributed by atoms with Crippen molar-refractivity contribution in [3.05, 3.63) is 0 Å². The van der Waals surface area contributed by atoms with Gasteiger partial charge in [-0.2, -0.15) is 0 Å². The zero-order chi connectivity index (χ0) is 9.61. The van der Waals surface area contributed by atoms with Crippen LogP contribution in [0.4, 0.5) is 0 Å². The van der Waals surface area contributed by atoms with Crippen molar-refractivity contribution >= 4 is 29.2 Å². The van der Waals surface area contributed by atoms with Gasteiger partial charge in [-0.25, -0.2) is 0 Å². The largest absolute Gasteiger partial charge is 0.429 e. The third kappa shape index (κ3) is 10.5. The van der Waals surface area contributed by atoms with Gasteiger partial charge in [0.1, 0.15) is 0 Å². The quantitative estimate of drug-likeness (QED) is 0.436. The van der Waals surface area contributed by atoms with Crippen molar-refractivity contribution in [2.45, 2.75) is 44.1 Å². The first kappa shape index (κ1) is 16.0. The molecule has 0 bridgehead atoms. The standard InChI is InChI=1S/C8H14Cl2O2.Co/c1-3-4-5-6-8(9,10)12-7(2)11;/h3-6H2,1-2H3;. The molecule has 0 saturated heterocycles. The van der Waals surface area contributed by atoms with Crippen molar-refractivity contribution in [1.29, 1.82) is 0 Å². The van der Waals surface area contributed by atoms with Crippen LogP contribution in [0.5, 0.6) is 0 Å². The summed E-state index contributed by atoms with van der Waals surface area (Å²) >= 11 is 11.4. The minimum absolute atomic E-state index is 0. The molecule has 13 heavy (non-hydrogen) atoms. The molecule has 0 aliphatic heterocycles. The van der Waals surface area contributed by atoms with E-state index in [0.29, 0.717) is 6.42 Å². The summed E-state index contributed by atoms with van der Waals surface area (Å²) < 4.78 is 3.34. The predicted molar refractivity (Wildman–Crippen MR) is 50.3 cm³/mol. The molecule has 5 heteroatoms. The maximum Gasteiger partial charge on any atom is 0.305 e. The molecule has 0 aromatic carbocycles. The molecule has 1 radical (unpaired) electrons. The third-order valence-corrected chi connectivity index (χ3v) is 1.90. The fourth-order valence-electron chi connectivity index (χ4n) is 0.842. The van der Waals surface area contributed by atoms with Gasteiger partial charge in [0, 0.05) is 30.1 Å². The van der Waals surface area contributed by atoms with Crippen LogP contribution in [0.3, 0.4) is 0 Å². The van der Waals surface area contributed by atoms with Crippen molar-refractivity contribution in [2.75, 3.05) is 0 Å². The molecule has 0 aromatic rings. The molecule has 0 atom stereocenters. The van der Waals surface area contributed by atoms with Crippen LogP contribution in [-0.4, -0.2) is 10.5 Å². The van der Waals surface area contributed by atoms with Gasteiger partial charge in [-0.1, -0.05) is 43.0 Å². The summed E-state index contributed by atoms with van der Waals surface area (Å²) in [6.45, 7) is 3.37. The van der Waals surface area contributed by atoms with Crippen LogP contribution in [0.15, 0.2) is 0 Å². The first-order valence-electron chi connectivity index (χ1n) is 4.05. The smallest absolute Gasteiger partial charge is 0.305 e. The molecular weight excluding hydrogens is 258 g/mol. The minimum Gasteiger partial charge on any atom is -0.429 e. The topological polar surface area (TPSA) is 26.3 Å². The van der Waals surface area contributed by atoms with Crippen LogP contribution in [0.25, 0.3) is 0 Å². The normalized spacial score (nSPS) is 10.5. The number of alkyl halides is 2. The number of hydrogen-bond donors (Lipinski definition) is 0. The number of ether oxygens (including phenoxy) is 1. The van der Waals surface area contributed by atoms with Crippen LogP contribution in [-0.2, 0) is 26.3 Å². The van der Waals surface area contributed by atoms with Crippen LogP contribution >= 0.6 is 23.2 Å². The fraction of sp³-hybridized carbons (Fsp3) is 0.875. The van der Waals surface area contributed by atoms with Crippen molar-refractivity contribution < 1.29 is 26.3 Å². The molecule has 2 nitrogen and oxygen atoms in total. The molecule has 0 saturated carbocycles. The Labute approximate surface area is 99.5 Å². The zero-order valence-corrected chi connectivity index (χ0v) is 10.3. The number of hydrogen-bond acceptors (Lipinski definition) is 2. The molecule has 0 spiro atoms. The molecule has 0 aliphatic rings. The first-order valence-corrected chi connectivity index (χ1v) is 4.81. The summed E-state index contributed by atoms with van der Waals surface area (Å²) in [5, 5.41) is 0. The van der Waals surface area contributed by atoms with Gasteiger partial charge in [0.15, 0.2) is 0 Å². The van der Waals surface area contributed by atoms with Gasteiger partial charge < -0.3 is 4.74 Å². The molecule has 0 fully saturated rings. The molecule has 0 rings (SSSR count). The van der Waals surface area contributed by atoms with E-state index in [9.17, 15) is 4.79 Å². The second-order valence-electron chi connectivity index (χ2n) is 2.69. The van der Waals surface area contributed by atoms with E-state index in [2.05, 4.69) is 11.7 Å². The van der Waals surface area contributed by atoms with Crippen LogP contribution in [0.2, 0.25) is 0 Å². The van der Waals surface area contributed by atoms with E-state index in [1.807, 2.05) is 0 Å². The van der Waals surface area contributed by atoms with Crippen LogP contribution in [0.1, 0.15) is 39.5 Å². The maximum atomic E-state index is 10.5. The van der Waals surface area contributed by atoms with Crippen molar-refractivity contribution in [3.63, 3.8) is 0 Å². The van der Waals surface area contributed by atoms with Gasteiger partial charge in [-0.3, -0.25) is 4.79 Å². The average molecular weight is 272 g/mol. The van der Waals surface area contributed by atoms with Crippen LogP contribution in [0, 0.1) is 0 Å². The minimum atomic E-state index is -1.33. The molecule has 81 valence electrons. The van der Waals surface area contributed by atoms with Gasteiger partial charge >= 0.3 is 5.97 Å². The SMILES string of the molecule is CCCCCC(Cl)(Cl)OC(C)=O.[Co]. The Morgan fingerprint density at radius 3 is 2.31 bits per heavy atom. The maximum absolute atomic E-state index is 10.5. The predicted octanol–water partition coefficient (Wildman–Crippen LogP) is 3.26. The summed E-state index contributed by atoms with van der Waals surface area (Å²) in [6.07, 6.45) is 3.49. The average Bonchev–Trinajstić information content (AvgIpc) is 1.84. The number of carbonyl (C=O) groups is 1. The number of unbranched alkanes of at least 4 members (excludes halogenated alkanes) is 2. The van der Waals surface area contributed by atoms with E-state index in [-0.39, 0.29) is 16.8 Å². The zero-order valence-electron chi connectivity index (χ0n) is 7.73. The van der Waals surface area contributed by atoms with Gasteiger partial charge in [-0.15, -0.1) is 0 Å². The Hall–Kier alpha value is 0.556. The number of halogens is 2. The summed E-state index contributed by atoms with van der Waals surface area (Å²) in [5.41, 5.74) is 0. The summed E-state index contributed by atoms with van der Waals surface area (Å²) in [5.74, 6) is -0.448. The van der Waals surface area contributed by atoms with Crippen molar-refractivity contribution in [2.24, 2.45) is 0 Å². The Balaban J connectivity index is 0.